The van der Waals surface area contributed by atoms with Crippen LogP contribution in [-0.2, 0) is 0 Å². The van der Waals surface area contributed by atoms with Crippen molar-refractivity contribution in [1.82, 2.24) is 10.2 Å². The molecule has 2 heterocycles. The molecule has 2 aliphatic rings. The van der Waals surface area contributed by atoms with Crippen molar-refractivity contribution in [3.63, 3.8) is 0 Å². The molecular formula is C15H30N2. The number of nitrogens with one attached hydrogen (secondary N) is 1. The summed E-state index contributed by atoms with van der Waals surface area (Å²) < 4.78 is 0. The normalized spacial score (nSPS) is 33.2. The van der Waals surface area contributed by atoms with Crippen LogP contribution in [0.25, 0.3) is 0 Å². The van der Waals surface area contributed by atoms with Crippen LogP contribution < -0.4 is 5.32 Å². The Kier molecular flexibility index (Phi) is 4.14. The lowest BCUT2D eigenvalue weighted by molar-refractivity contribution is 0.103. The summed E-state index contributed by atoms with van der Waals surface area (Å²) in [4.78, 5) is 2.68. The maximum absolute atomic E-state index is 3.65. The van der Waals surface area contributed by atoms with E-state index in [0.717, 1.165) is 17.9 Å². The van der Waals surface area contributed by atoms with Crippen molar-refractivity contribution in [1.29, 1.82) is 0 Å². The number of hydrogen-bond acceptors (Lipinski definition) is 2. The molecule has 17 heavy (non-hydrogen) atoms. The topological polar surface area (TPSA) is 15.3 Å². The fraction of sp³-hybridized carbons (Fsp3) is 1.00. The highest BCUT2D eigenvalue weighted by atomic mass is 15.2. The van der Waals surface area contributed by atoms with Gasteiger partial charge in [-0.3, -0.25) is 0 Å². The maximum Gasteiger partial charge on any atom is 0.0221 e. The smallest absolute Gasteiger partial charge is 0.0221 e. The minimum Gasteiger partial charge on any atom is -0.312 e. The summed E-state index contributed by atoms with van der Waals surface area (Å²) in [6.07, 6.45) is 4.15. The van der Waals surface area contributed by atoms with E-state index in [2.05, 4.69) is 37.9 Å². The summed E-state index contributed by atoms with van der Waals surface area (Å²) in [5.41, 5.74) is 0.505. The van der Waals surface area contributed by atoms with Gasteiger partial charge >= 0.3 is 0 Å². The SMILES string of the molecule is CC1CCNC1CN1CCC(C(C)(C)C)CC1. The van der Waals surface area contributed by atoms with E-state index in [-0.39, 0.29) is 0 Å². The minimum absolute atomic E-state index is 0.505. The molecule has 0 aromatic carbocycles. The maximum atomic E-state index is 3.65. The van der Waals surface area contributed by atoms with Crippen LogP contribution in [0, 0.1) is 17.3 Å². The summed E-state index contributed by atoms with van der Waals surface area (Å²) in [5.74, 6) is 1.79. The van der Waals surface area contributed by atoms with E-state index in [1.165, 1.54) is 45.4 Å². The Morgan fingerprint density at radius 2 is 1.76 bits per heavy atom. The zero-order valence-electron chi connectivity index (χ0n) is 12.1. The Morgan fingerprint density at radius 1 is 1.12 bits per heavy atom. The monoisotopic (exact) mass is 238 g/mol. The molecule has 2 aliphatic heterocycles. The predicted octanol–water partition coefficient (Wildman–Crippen LogP) is 2.74. The first-order valence-electron chi connectivity index (χ1n) is 7.42. The number of nitrogens with zero attached hydrogens (tertiary/aromatic N) is 1. The van der Waals surface area contributed by atoms with Gasteiger partial charge in [0.15, 0.2) is 0 Å². The third-order valence-electron chi connectivity index (χ3n) is 4.96. The van der Waals surface area contributed by atoms with Gasteiger partial charge in [-0.1, -0.05) is 27.7 Å². The molecule has 0 radical (unpaired) electrons. The average Bonchev–Trinajstić information content (AvgIpc) is 2.64. The van der Waals surface area contributed by atoms with Crippen LogP contribution in [0.15, 0.2) is 0 Å². The van der Waals surface area contributed by atoms with E-state index in [4.69, 9.17) is 0 Å². The molecule has 2 heteroatoms. The van der Waals surface area contributed by atoms with E-state index >= 15 is 0 Å². The lowest BCUT2D eigenvalue weighted by Gasteiger charge is -2.39. The highest BCUT2D eigenvalue weighted by molar-refractivity contribution is 4.86. The van der Waals surface area contributed by atoms with Crippen LogP contribution in [-0.4, -0.2) is 37.1 Å². The molecule has 2 rings (SSSR count). The van der Waals surface area contributed by atoms with Gasteiger partial charge in [0, 0.05) is 12.6 Å². The number of hydrogen-bond donors (Lipinski definition) is 1. The molecule has 0 aromatic rings. The van der Waals surface area contributed by atoms with Gasteiger partial charge in [0.05, 0.1) is 0 Å². The molecule has 0 saturated carbocycles. The van der Waals surface area contributed by atoms with Crippen molar-refractivity contribution in [2.24, 2.45) is 17.3 Å². The quantitative estimate of drug-likeness (QED) is 0.796. The third kappa shape index (κ3) is 3.45. The average molecular weight is 238 g/mol. The number of piperidine rings is 1. The van der Waals surface area contributed by atoms with Crippen molar-refractivity contribution in [3.05, 3.63) is 0 Å². The molecule has 100 valence electrons. The second-order valence-corrected chi connectivity index (χ2v) is 7.27. The molecule has 2 atom stereocenters. The fourth-order valence-corrected chi connectivity index (χ4v) is 3.40. The third-order valence-corrected chi connectivity index (χ3v) is 4.96. The van der Waals surface area contributed by atoms with E-state index in [1.54, 1.807) is 0 Å². The van der Waals surface area contributed by atoms with Crippen molar-refractivity contribution >= 4 is 0 Å². The van der Waals surface area contributed by atoms with Crippen LogP contribution >= 0.6 is 0 Å². The summed E-state index contributed by atoms with van der Waals surface area (Å²) in [7, 11) is 0. The van der Waals surface area contributed by atoms with E-state index in [9.17, 15) is 0 Å². The molecule has 2 fully saturated rings. The lowest BCUT2D eigenvalue weighted by Crippen LogP contribution is -2.45. The Labute approximate surface area is 107 Å². The summed E-state index contributed by atoms with van der Waals surface area (Å²) in [6, 6.07) is 0.751. The first-order valence-corrected chi connectivity index (χ1v) is 7.42. The molecule has 0 amide bonds. The Bertz CT molecular complexity index is 236. The van der Waals surface area contributed by atoms with Crippen molar-refractivity contribution in [3.8, 4) is 0 Å². The van der Waals surface area contributed by atoms with Crippen LogP contribution in [0.3, 0.4) is 0 Å². The largest absolute Gasteiger partial charge is 0.312 e. The summed E-state index contributed by atoms with van der Waals surface area (Å²) in [5, 5.41) is 3.65. The van der Waals surface area contributed by atoms with Crippen molar-refractivity contribution in [2.45, 2.75) is 53.0 Å². The molecule has 2 unspecified atom stereocenters. The number of rotatable bonds is 2. The Hall–Kier alpha value is -0.0800. The standard InChI is InChI=1S/C15H30N2/c1-12-5-8-16-14(12)11-17-9-6-13(7-10-17)15(2,3)4/h12-14,16H,5-11H2,1-4H3. The zero-order valence-corrected chi connectivity index (χ0v) is 12.1. The molecule has 2 nitrogen and oxygen atoms in total. The van der Waals surface area contributed by atoms with Gasteiger partial charge in [0.1, 0.15) is 0 Å². The highest BCUT2D eigenvalue weighted by Crippen LogP contribution is 2.34. The van der Waals surface area contributed by atoms with Gasteiger partial charge in [0.25, 0.3) is 0 Å². The Balaban J connectivity index is 1.76. The van der Waals surface area contributed by atoms with Gasteiger partial charge in [0.2, 0.25) is 0 Å². The van der Waals surface area contributed by atoms with Crippen molar-refractivity contribution < 1.29 is 0 Å². The van der Waals surface area contributed by atoms with E-state index in [0.29, 0.717) is 5.41 Å². The van der Waals surface area contributed by atoms with Crippen molar-refractivity contribution in [2.75, 3.05) is 26.2 Å². The van der Waals surface area contributed by atoms with Crippen LogP contribution in [0.2, 0.25) is 0 Å². The van der Waals surface area contributed by atoms with Gasteiger partial charge in [-0.25, -0.2) is 0 Å². The molecule has 0 aliphatic carbocycles. The zero-order chi connectivity index (χ0) is 12.5. The van der Waals surface area contributed by atoms with E-state index < -0.39 is 0 Å². The summed E-state index contributed by atoms with van der Waals surface area (Å²) >= 11 is 0. The highest BCUT2D eigenvalue weighted by Gasteiger charge is 2.31. The second kappa shape index (κ2) is 5.27. The van der Waals surface area contributed by atoms with E-state index in [1.807, 2.05) is 0 Å². The molecular weight excluding hydrogens is 208 g/mol. The summed E-state index contributed by atoms with van der Waals surface area (Å²) in [6.45, 7) is 14.7. The van der Waals surface area contributed by atoms with Crippen LogP contribution in [0.5, 0.6) is 0 Å². The number of likely N-dealkylation sites (tertiary alicyclic amines) is 1. The molecule has 0 spiro atoms. The lowest BCUT2D eigenvalue weighted by atomic mass is 9.75. The van der Waals surface area contributed by atoms with Gasteiger partial charge in [-0.15, -0.1) is 0 Å². The fourth-order valence-electron chi connectivity index (χ4n) is 3.40. The molecule has 0 bridgehead atoms. The Morgan fingerprint density at radius 3 is 2.24 bits per heavy atom. The first-order chi connectivity index (χ1) is 7.97. The molecule has 0 aromatic heterocycles. The minimum atomic E-state index is 0.505. The first kappa shape index (κ1) is 13.4. The molecule has 2 saturated heterocycles. The van der Waals surface area contributed by atoms with Crippen LogP contribution in [0.1, 0.15) is 47.0 Å². The van der Waals surface area contributed by atoms with Crippen LogP contribution in [0.4, 0.5) is 0 Å². The second-order valence-electron chi connectivity index (χ2n) is 7.27. The predicted molar refractivity (Wildman–Crippen MR) is 74.2 cm³/mol. The molecule has 1 N–H and O–H groups in total. The van der Waals surface area contributed by atoms with Gasteiger partial charge in [-0.05, 0) is 56.1 Å². The van der Waals surface area contributed by atoms with Gasteiger partial charge < -0.3 is 10.2 Å². The van der Waals surface area contributed by atoms with Gasteiger partial charge in [-0.2, -0.15) is 0 Å².